The van der Waals surface area contributed by atoms with Gasteiger partial charge in [-0.3, -0.25) is 14.1 Å². The van der Waals surface area contributed by atoms with Gasteiger partial charge in [0.15, 0.2) is 12.4 Å². The summed E-state index contributed by atoms with van der Waals surface area (Å²) in [5.74, 6) is -1.99. The van der Waals surface area contributed by atoms with Crippen LogP contribution in [0.15, 0.2) is 0 Å². The molecule has 0 amide bonds. The molecule has 13 heteroatoms. The van der Waals surface area contributed by atoms with Gasteiger partial charge < -0.3 is 34.3 Å². The number of aliphatic hydroxyl groups excluding tert-OH is 3. The van der Waals surface area contributed by atoms with Crippen LogP contribution >= 0.6 is 0 Å². The molecule has 0 radical (unpaired) electrons. The van der Waals surface area contributed by atoms with E-state index in [9.17, 15) is 33.3 Å². The molecular weight excluding hydrogens is 572 g/mol. The van der Waals surface area contributed by atoms with Gasteiger partial charge in [0, 0.05) is 12.8 Å². The molecule has 1 unspecified atom stereocenters. The second-order valence-corrected chi connectivity index (χ2v) is 12.6. The van der Waals surface area contributed by atoms with E-state index in [0.29, 0.717) is 12.8 Å². The summed E-state index contributed by atoms with van der Waals surface area (Å²) < 4.78 is 53.3. The number of hydrogen-bond donors (Lipinski definition) is 4. The molecular formula is C29H54O12S. The number of carbonyl (C=O) groups is 2. The van der Waals surface area contributed by atoms with Gasteiger partial charge in [0.1, 0.15) is 36.8 Å². The number of esters is 2. The van der Waals surface area contributed by atoms with Crippen LogP contribution in [-0.4, -0.2) is 96.0 Å². The maximum absolute atomic E-state index is 12.5. The van der Waals surface area contributed by atoms with E-state index in [1.165, 1.54) is 25.7 Å². The molecule has 0 aromatic carbocycles. The quantitative estimate of drug-likeness (QED) is 0.0696. The van der Waals surface area contributed by atoms with E-state index in [1.807, 2.05) is 0 Å². The van der Waals surface area contributed by atoms with E-state index in [-0.39, 0.29) is 19.4 Å². The van der Waals surface area contributed by atoms with E-state index in [2.05, 4.69) is 13.8 Å². The lowest BCUT2D eigenvalue weighted by Crippen LogP contribution is -2.60. The number of ether oxygens (including phenoxy) is 4. The molecule has 1 heterocycles. The minimum absolute atomic E-state index is 0.167. The predicted molar refractivity (Wildman–Crippen MR) is 155 cm³/mol. The van der Waals surface area contributed by atoms with Gasteiger partial charge in [0.05, 0.1) is 6.61 Å². The lowest BCUT2D eigenvalue weighted by atomic mass is 10.00. The van der Waals surface area contributed by atoms with Crippen molar-refractivity contribution >= 4 is 22.1 Å². The number of aliphatic hydroxyl groups is 3. The van der Waals surface area contributed by atoms with Crippen LogP contribution in [0, 0.1) is 0 Å². The lowest BCUT2D eigenvalue weighted by Gasteiger charge is -2.40. The third-order valence-corrected chi connectivity index (χ3v) is 7.94. The van der Waals surface area contributed by atoms with Crippen molar-refractivity contribution in [2.24, 2.45) is 0 Å². The van der Waals surface area contributed by atoms with Crippen molar-refractivity contribution in [3.63, 3.8) is 0 Å². The van der Waals surface area contributed by atoms with Gasteiger partial charge in [0.25, 0.3) is 10.1 Å². The Kier molecular flexibility index (Phi) is 20.4. The fraction of sp³-hybridized carbons (Fsp3) is 0.931. The minimum Gasteiger partial charge on any atom is -0.462 e. The molecule has 12 nitrogen and oxygen atoms in total. The van der Waals surface area contributed by atoms with E-state index >= 15 is 0 Å². The summed E-state index contributed by atoms with van der Waals surface area (Å²) in [6, 6.07) is 0. The Morgan fingerprint density at radius 2 is 1.21 bits per heavy atom. The summed E-state index contributed by atoms with van der Waals surface area (Å²) in [6.45, 7) is 3.59. The standard InChI is InChI=1S/C29H54O12S/c1-3-5-7-9-11-13-15-17-24(30)38-19-22(40-25(31)18-16-14-12-10-8-6-4-2)20-39-29-28(34)27(33)26(32)23(41-29)21-42(35,36)37/h22-23,26-29,32-34H,3-21H2,1-2H3,(H,35,36,37)/t22?,23-,26-,27+,28-,29+/m1/s1. The number of unbranched alkanes of at least 4 members (excludes halogenated alkanes) is 12. The van der Waals surface area contributed by atoms with Crippen LogP contribution in [0.3, 0.4) is 0 Å². The van der Waals surface area contributed by atoms with Crippen LogP contribution in [0.4, 0.5) is 0 Å². The van der Waals surface area contributed by atoms with Gasteiger partial charge in [0.2, 0.25) is 0 Å². The van der Waals surface area contributed by atoms with Crippen molar-refractivity contribution in [1.82, 2.24) is 0 Å². The first kappa shape index (κ1) is 38.7. The molecule has 1 aliphatic rings. The van der Waals surface area contributed by atoms with Gasteiger partial charge in [-0.1, -0.05) is 90.9 Å². The molecule has 0 aromatic heterocycles. The van der Waals surface area contributed by atoms with Crippen LogP contribution in [0.1, 0.15) is 117 Å². The lowest BCUT2D eigenvalue weighted by molar-refractivity contribution is -0.297. The molecule has 0 saturated carbocycles. The summed E-state index contributed by atoms with van der Waals surface area (Å²) in [6.07, 6.45) is 5.22. The van der Waals surface area contributed by atoms with Gasteiger partial charge in [-0.15, -0.1) is 0 Å². The van der Waals surface area contributed by atoms with Gasteiger partial charge in [-0.25, -0.2) is 0 Å². The first-order valence-corrected chi connectivity index (χ1v) is 17.2. The summed E-state index contributed by atoms with van der Waals surface area (Å²) >= 11 is 0. The van der Waals surface area contributed by atoms with Gasteiger partial charge >= 0.3 is 11.9 Å². The zero-order valence-corrected chi connectivity index (χ0v) is 26.2. The monoisotopic (exact) mass is 626 g/mol. The third kappa shape index (κ3) is 17.7. The Morgan fingerprint density at radius 1 is 0.714 bits per heavy atom. The summed E-state index contributed by atoms with van der Waals surface area (Å²) in [5.41, 5.74) is 0. The smallest absolute Gasteiger partial charge is 0.306 e. The van der Waals surface area contributed by atoms with Crippen LogP contribution in [-0.2, 0) is 38.7 Å². The maximum atomic E-state index is 12.5. The van der Waals surface area contributed by atoms with Crippen molar-refractivity contribution in [3.05, 3.63) is 0 Å². The van der Waals surface area contributed by atoms with Gasteiger partial charge in [-0.05, 0) is 12.8 Å². The van der Waals surface area contributed by atoms with E-state index in [4.69, 9.17) is 23.5 Å². The largest absolute Gasteiger partial charge is 0.462 e. The highest BCUT2D eigenvalue weighted by molar-refractivity contribution is 7.85. The van der Waals surface area contributed by atoms with E-state index in [0.717, 1.165) is 51.4 Å². The molecule has 0 bridgehead atoms. The molecule has 4 N–H and O–H groups in total. The summed E-state index contributed by atoms with van der Waals surface area (Å²) in [7, 11) is -4.58. The van der Waals surface area contributed by atoms with Crippen LogP contribution in [0.2, 0.25) is 0 Å². The van der Waals surface area contributed by atoms with E-state index < -0.39 is 71.2 Å². The molecule has 6 atom stereocenters. The average molecular weight is 627 g/mol. The Labute approximate surface area is 251 Å². The molecule has 1 saturated heterocycles. The minimum atomic E-state index is -4.58. The second-order valence-electron chi connectivity index (χ2n) is 11.1. The van der Waals surface area contributed by atoms with Crippen LogP contribution < -0.4 is 0 Å². The molecule has 1 fully saturated rings. The first-order valence-electron chi connectivity index (χ1n) is 15.6. The summed E-state index contributed by atoms with van der Waals surface area (Å²) in [5, 5.41) is 30.5. The highest BCUT2D eigenvalue weighted by Gasteiger charge is 2.46. The second kappa shape index (κ2) is 22.2. The molecule has 0 aromatic rings. The van der Waals surface area contributed by atoms with Gasteiger partial charge in [-0.2, -0.15) is 8.42 Å². The Balaban J connectivity index is 2.64. The highest BCUT2D eigenvalue weighted by Crippen LogP contribution is 2.23. The number of hydrogen-bond acceptors (Lipinski definition) is 11. The zero-order valence-electron chi connectivity index (χ0n) is 25.4. The molecule has 1 aliphatic heterocycles. The van der Waals surface area contributed by atoms with Crippen molar-refractivity contribution in [2.75, 3.05) is 19.0 Å². The van der Waals surface area contributed by atoms with Crippen molar-refractivity contribution in [1.29, 1.82) is 0 Å². The molecule has 1 rings (SSSR count). The average Bonchev–Trinajstić information content (AvgIpc) is 2.93. The molecule has 0 spiro atoms. The predicted octanol–water partition coefficient (Wildman–Crippen LogP) is 3.43. The zero-order chi connectivity index (χ0) is 31.4. The van der Waals surface area contributed by atoms with Crippen molar-refractivity contribution in [3.8, 4) is 0 Å². The van der Waals surface area contributed by atoms with E-state index in [1.54, 1.807) is 0 Å². The van der Waals surface area contributed by atoms with Crippen LogP contribution in [0.5, 0.6) is 0 Å². The Bertz CT molecular complexity index is 836. The fourth-order valence-corrected chi connectivity index (χ4v) is 5.36. The molecule has 0 aliphatic carbocycles. The first-order chi connectivity index (χ1) is 20.0. The SMILES string of the molecule is CCCCCCCCCC(=O)OCC(CO[C@H]1O[C@H](CS(=O)(=O)O)[C@@H](O)[C@H](O)[C@H]1O)OC(=O)CCCCCCCCC. The molecule has 248 valence electrons. The topological polar surface area (TPSA) is 186 Å². The van der Waals surface area contributed by atoms with Crippen molar-refractivity contribution in [2.45, 2.75) is 153 Å². The Hall–Kier alpha value is -1.35. The number of rotatable bonds is 24. The molecule has 42 heavy (non-hydrogen) atoms. The van der Waals surface area contributed by atoms with Crippen LogP contribution in [0.25, 0.3) is 0 Å². The third-order valence-electron chi connectivity index (χ3n) is 7.19. The Morgan fingerprint density at radius 3 is 1.74 bits per heavy atom. The number of carbonyl (C=O) groups excluding carboxylic acids is 2. The fourth-order valence-electron chi connectivity index (χ4n) is 4.67. The summed E-state index contributed by atoms with van der Waals surface area (Å²) in [4.78, 5) is 24.8. The highest BCUT2D eigenvalue weighted by atomic mass is 32.2. The normalized spacial score (nSPS) is 23.4. The maximum Gasteiger partial charge on any atom is 0.306 e. The van der Waals surface area contributed by atoms with Crippen molar-refractivity contribution < 1.29 is 56.8 Å².